The van der Waals surface area contributed by atoms with Crippen LogP contribution < -0.4 is 10.3 Å². The first-order valence-corrected chi connectivity index (χ1v) is 4.87. The third kappa shape index (κ3) is 2.28. The summed E-state index contributed by atoms with van der Waals surface area (Å²) in [5, 5.41) is 4.04. The average Bonchev–Trinajstić information content (AvgIpc) is 2.81. The smallest absolute Gasteiger partial charge is 0.267 e. The first-order valence-electron chi connectivity index (χ1n) is 4.87. The number of methoxy groups -OCH3 is 1. The summed E-state index contributed by atoms with van der Waals surface area (Å²) in [4.78, 5) is 15.4. The minimum Gasteiger partial charge on any atom is -0.480 e. The van der Waals surface area contributed by atoms with Crippen molar-refractivity contribution in [3.8, 4) is 5.88 Å². The summed E-state index contributed by atoms with van der Waals surface area (Å²) in [6.45, 7) is 1.15. The van der Waals surface area contributed by atoms with Gasteiger partial charge in [0.05, 0.1) is 20.0 Å². The largest absolute Gasteiger partial charge is 0.480 e. The molecule has 0 N–H and O–H groups in total. The van der Waals surface area contributed by atoms with Crippen LogP contribution in [-0.2, 0) is 13.1 Å². The van der Waals surface area contributed by atoms with Gasteiger partial charge in [-0.15, -0.1) is 5.10 Å². The second-order valence-electron chi connectivity index (χ2n) is 3.24. The normalized spacial score (nSPS) is 10.3. The lowest BCUT2D eigenvalue weighted by Crippen LogP contribution is -2.24. The quantitative estimate of drug-likeness (QED) is 0.735. The van der Waals surface area contributed by atoms with E-state index in [0.29, 0.717) is 19.0 Å². The summed E-state index contributed by atoms with van der Waals surface area (Å²) < 4.78 is 8.21. The molecule has 2 aromatic heterocycles. The highest BCUT2D eigenvalue weighted by Crippen LogP contribution is 1.99. The van der Waals surface area contributed by atoms with Gasteiger partial charge in [0.2, 0.25) is 5.88 Å². The van der Waals surface area contributed by atoms with Crippen LogP contribution in [0.4, 0.5) is 0 Å². The zero-order chi connectivity index (χ0) is 11.4. The Hall–Kier alpha value is -2.11. The van der Waals surface area contributed by atoms with Gasteiger partial charge in [0, 0.05) is 31.1 Å². The fourth-order valence-electron chi connectivity index (χ4n) is 1.33. The van der Waals surface area contributed by atoms with Gasteiger partial charge in [0.25, 0.3) is 5.56 Å². The van der Waals surface area contributed by atoms with Crippen LogP contribution in [0.3, 0.4) is 0 Å². The summed E-state index contributed by atoms with van der Waals surface area (Å²) in [6, 6.07) is 3.00. The van der Waals surface area contributed by atoms with Gasteiger partial charge in [-0.3, -0.25) is 4.79 Å². The van der Waals surface area contributed by atoms with Gasteiger partial charge in [0.15, 0.2) is 0 Å². The number of rotatable bonds is 4. The molecule has 2 rings (SSSR count). The second-order valence-corrected chi connectivity index (χ2v) is 3.24. The number of hydrogen-bond donors (Lipinski definition) is 0. The molecule has 0 aliphatic heterocycles. The highest BCUT2D eigenvalue weighted by molar-refractivity contribution is 5.05. The van der Waals surface area contributed by atoms with E-state index in [1.165, 1.54) is 17.9 Å². The van der Waals surface area contributed by atoms with Gasteiger partial charge in [-0.1, -0.05) is 0 Å². The van der Waals surface area contributed by atoms with Gasteiger partial charge < -0.3 is 9.30 Å². The molecule has 0 bridgehead atoms. The number of aryl methyl sites for hydroxylation is 2. The molecular weight excluding hydrogens is 208 g/mol. The predicted octanol–water partition coefficient (Wildman–Crippen LogP) is 0.149. The third-order valence-electron chi connectivity index (χ3n) is 2.18. The lowest BCUT2D eigenvalue weighted by Gasteiger charge is -2.06. The molecule has 16 heavy (non-hydrogen) atoms. The molecule has 0 atom stereocenters. The number of aromatic nitrogens is 4. The Labute approximate surface area is 92.1 Å². The Kier molecular flexibility index (Phi) is 3.00. The van der Waals surface area contributed by atoms with E-state index < -0.39 is 0 Å². The molecule has 6 heteroatoms. The monoisotopic (exact) mass is 220 g/mol. The van der Waals surface area contributed by atoms with E-state index in [1.807, 2.05) is 10.8 Å². The first-order chi connectivity index (χ1) is 7.79. The number of hydrogen-bond acceptors (Lipinski definition) is 4. The van der Waals surface area contributed by atoms with Gasteiger partial charge >= 0.3 is 0 Å². The van der Waals surface area contributed by atoms with E-state index in [2.05, 4.69) is 10.1 Å². The van der Waals surface area contributed by atoms with Gasteiger partial charge in [-0.25, -0.2) is 9.67 Å². The van der Waals surface area contributed by atoms with Gasteiger partial charge in [-0.05, 0) is 0 Å². The van der Waals surface area contributed by atoms with Crippen molar-refractivity contribution in [2.75, 3.05) is 7.11 Å². The second kappa shape index (κ2) is 4.61. The lowest BCUT2D eigenvalue weighted by atomic mass is 10.5. The minimum atomic E-state index is -0.138. The maximum Gasteiger partial charge on any atom is 0.267 e. The maximum atomic E-state index is 11.5. The van der Waals surface area contributed by atoms with Crippen molar-refractivity contribution in [3.05, 3.63) is 41.2 Å². The Balaban J connectivity index is 2.11. The summed E-state index contributed by atoms with van der Waals surface area (Å²) in [7, 11) is 1.52. The van der Waals surface area contributed by atoms with Crippen molar-refractivity contribution >= 4 is 0 Å². The Morgan fingerprint density at radius 1 is 1.38 bits per heavy atom. The van der Waals surface area contributed by atoms with Crippen LogP contribution in [0.2, 0.25) is 0 Å². The van der Waals surface area contributed by atoms with E-state index >= 15 is 0 Å². The molecule has 0 radical (unpaired) electrons. The van der Waals surface area contributed by atoms with Crippen LogP contribution in [0.25, 0.3) is 0 Å². The highest BCUT2D eigenvalue weighted by Gasteiger charge is 2.00. The van der Waals surface area contributed by atoms with E-state index in [4.69, 9.17) is 4.74 Å². The van der Waals surface area contributed by atoms with Crippen molar-refractivity contribution in [3.63, 3.8) is 0 Å². The van der Waals surface area contributed by atoms with Crippen molar-refractivity contribution in [2.24, 2.45) is 0 Å². The minimum absolute atomic E-state index is 0.138. The molecule has 0 aromatic carbocycles. The molecule has 0 saturated carbocycles. The van der Waals surface area contributed by atoms with E-state index in [0.717, 1.165) is 0 Å². The Morgan fingerprint density at radius 3 is 2.94 bits per heavy atom. The van der Waals surface area contributed by atoms with Gasteiger partial charge in [0.1, 0.15) is 0 Å². The summed E-state index contributed by atoms with van der Waals surface area (Å²) in [5.41, 5.74) is -0.138. The summed E-state index contributed by atoms with van der Waals surface area (Å²) in [5.74, 6) is 0.435. The molecule has 0 amide bonds. The van der Waals surface area contributed by atoms with Crippen molar-refractivity contribution in [1.82, 2.24) is 19.3 Å². The van der Waals surface area contributed by atoms with Crippen molar-refractivity contribution in [2.45, 2.75) is 13.1 Å². The lowest BCUT2D eigenvalue weighted by molar-refractivity contribution is 0.371. The van der Waals surface area contributed by atoms with E-state index in [1.54, 1.807) is 18.6 Å². The average molecular weight is 220 g/mol. The molecular formula is C10H12N4O2. The summed E-state index contributed by atoms with van der Waals surface area (Å²) in [6.07, 6.45) is 5.23. The molecule has 0 spiro atoms. The third-order valence-corrected chi connectivity index (χ3v) is 2.18. The van der Waals surface area contributed by atoms with E-state index in [-0.39, 0.29) is 5.56 Å². The topological polar surface area (TPSA) is 61.9 Å². The molecule has 0 aliphatic rings. The molecule has 0 saturated heterocycles. The number of ether oxygens (including phenoxy) is 1. The number of imidazole rings is 1. The van der Waals surface area contributed by atoms with Crippen molar-refractivity contribution < 1.29 is 4.74 Å². The Morgan fingerprint density at radius 2 is 2.25 bits per heavy atom. The van der Waals surface area contributed by atoms with Crippen LogP contribution in [0.1, 0.15) is 0 Å². The zero-order valence-electron chi connectivity index (χ0n) is 8.91. The molecule has 0 aliphatic carbocycles. The van der Waals surface area contributed by atoms with Crippen LogP contribution >= 0.6 is 0 Å². The summed E-state index contributed by atoms with van der Waals surface area (Å²) >= 11 is 0. The van der Waals surface area contributed by atoms with Crippen LogP contribution in [0, 0.1) is 0 Å². The van der Waals surface area contributed by atoms with Crippen LogP contribution in [0.15, 0.2) is 35.6 Å². The maximum absolute atomic E-state index is 11.5. The predicted molar refractivity (Wildman–Crippen MR) is 57.3 cm³/mol. The molecule has 6 nitrogen and oxygen atoms in total. The molecule has 0 unspecified atom stereocenters. The van der Waals surface area contributed by atoms with Crippen LogP contribution in [-0.4, -0.2) is 26.4 Å². The van der Waals surface area contributed by atoms with Crippen LogP contribution in [0.5, 0.6) is 5.88 Å². The fraction of sp³-hybridized carbons (Fsp3) is 0.300. The zero-order valence-corrected chi connectivity index (χ0v) is 8.91. The standard InChI is InChI=1S/C10H12N4O2/c1-16-9-2-3-10(15)14(12-9)7-6-13-5-4-11-8-13/h2-5,8H,6-7H2,1H3. The fourth-order valence-corrected chi connectivity index (χ4v) is 1.33. The molecule has 2 heterocycles. The SMILES string of the molecule is COc1ccc(=O)n(CCn2ccnc2)n1. The van der Waals surface area contributed by atoms with Crippen molar-refractivity contribution in [1.29, 1.82) is 0 Å². The number of nitrogens with zero attached hydrogens (tertiary/aromatic N) is 4. The Bertz CT molecular complexity index is 504. The highest BCUT2D eigenvalue weighted by atomic mass is 16.5. The molecule has 84 valence electrons. The molecule has 2 aromatic rings. The van der Waals surface area contributed by atoms with E-state index in [9.17, 15) is 4.79 Å². The van der Waals surface area contributed by atoms with Gasteiger partial charge in [-0.2, -0.15) is 0 Å². The molecule has 0 fully saturated rings. The first kappa shape index (κ1) is 10.4.